The summed E-state index contributed by atoms with van der Waals surface area (Å²) in [6.07, 6.45) is 1.61. The largest absolute Gasteiger partial charge is 0.493 e. The fraction of sp³-hybridized carbons (Fsp3) is 0.167. The molecule has 0 saturated heterocycles. The van der Waals surface area contributed by atoms with Crippen LogP contribution in [0.1, 0.15) is 5.82 Å². The highest BCUT2D eigenvalue weighted by atomic mass is 16.5. The van der Waals surface area contributed by atoms with Crippen molar-refractivity contribution in [3.8, 4) is 28.8 Å². The third-order valence-corrected chi connectivity index (χ3v) is 2.38. The molecule has 5 nitrogen and oxygen atoms in total. The monoisotopic (exact) mass is 229 g/mol. The molecular weight excluding hydrogens is 218 g/mol. The van der Waals surface area contributed by atoms with E-state index in [-0.39, 0.29) is 5.82 Å². The van der Waals surface area contributed by atoms with Gasteiger partial charge in [0.15, 0.2) is 11.5 Å². The molecule has 1 heterocycles. The van der Waals surface area contributed by atoms with Gasteiger partial charge in [0.25, 0.3) is 0 Å². The summed E-state index contributed by atoms with van der Waals surface area (Å²) in [6.45, 7) is 0. The van der Waals surface area contributed by atoms with Crippen LogP contribution in [0.5, 0.6) is 11.5 Å². The summed E-state index contributed by atoms with van der Waals surface area (Å²) in [5.74, 6) is 1.59. The van der Waals surface area contributed by atoms with Gasteiger partial charge in [0, 0.05) is 5.56 Å². The third kappa shape index (κ3) is 2.06. The van der Waals surface area contributed by atoms with E-state index in [1.165, 1.54) is 0 Å². The molecule has 2 aromatic rings. The van der Waals surface area contributed by atoms with Crippen molar-refractivity contribution >= 4 is 0 Å². The van der Waals surface area contributed by atoms with Crippen LogP contribution >= 0.6 is 0 Å². The van der Waals surface area contributed by atoms with Crippen LogP contribution in [0.15, 0.2) is 24.4 Å². The van der Waals surface area contributed by atoms with Crippen molar-refractivity contribution in [2.45, 2.75) is 0 Å². The number of benzene rings is 1. The first-order valence-corrected chi connectivity index (χ1v) is 4.96. The summed E-state index contributed by atoms with van der Waals surface area (Å²) >= 11 is 0. The molecule has 0 aliphatic rings. The van der Waals surface area contributed by atoms with Gasteiger partial charge in [0.2, 0.25) is 5.82 Å². The first kappa shape index (κ1) is 11.0. The molecule has 0 radical (unpaired) electrons. The molecule has 17 heavy (non-hydrogen) atoms. The maximum absolute atomic E-state index is 8.69. The van der Waals surface area contributed by atoms with Crippen LogP contribution in [-0.4, -0.2) is 24.2 Å². The van der Waals surface area contributed by atoms with Gasteiger partial charge in [-0.1, -0.05) is 0 Å². The van der Waals surface area contributed by atoms with Gasteiger partial charge in [0.05, 0.1) is 26.1 Å². The highest BCUT2D eigenvalue weighted by molar-refractivity contribution is 5.63. The zero-order chi connectivity index (χ0) is 12.3. The average Bonchev–Trinajstić information content (AvgIpc) is 2.86. The van der Waals surface area contributed by atoms with E-state index in [0.717, 1.165) is 11.3 Å². The lowest BCUT2D eigenvalue weighted by atomic mass is 10.1. The molecule has 0 spiro atoms. The van der Waals surface area contributed by atoms with Gasteiger partial charge in [0.1, 0.15) is 6.07 Å². The van der Waals surface area contributed by atoms with Gasteiger partial charge < -0.3 is 14.5 Å². The van der Waals surface area contributed by atoms with Crippen molar-refractivity contribution in [3.63, 3.8) is 0 Å². The SMILES string of the molecule is COc1ccc(-c2cnc(C#N)[nH]2)cc1OC. The van der Waals surface area contributed by atoms with E-state index < -0.39 is 0 Å². The van der Waals surface area contributed by atoms with Gasteiger partial charge in [-0.15, -0.1) is 0 Å². The van der Waals surface area contributed by atoms with E-state index in [9.17, 15) is 0 Å². The molecule has 86 valence electrons. The Bertz CT molecular complexity index is 569. The fourth-order valence-corrected chi connectivity index (χ4v) is 1.53. The number of nitrogens with zero attached hydrogens (tertiary/aromatic N) is 2. The molecule has 1 aromatic carbocycles. The van der Waals surface area contributed by atoms with E-state index >= 15 is 0 Å². The molecule has 0 fully saturated rings. The first-order chi connectivity index (χ1) is 8.28. The molecule has 0 atom stereocenters. The van der Waals surface area contributed by atoms with Crippen molar-refractivity contribution in [2.75, 3.05) is 14.2 Å². The highest BCUT2D eigenvalue weighted by Gasteiger charge is 2.08. The minimum absolute atomic E-state index is 0.287. The predicted octanol–water partition coefficient (Wildman–Crippen LogP) is 1.97. The number of H-pyrrole nitrogens is 1. The lowest BCUT2D eigenvalue weighted by Gasteiger charge is -2.08. The minimum Gasteiger partial charge on any atom is -0.493 e. The summed E-state index contributed by atoms with van der Waals surface area (Å²) in [4.78, 5) is 6.82. The van der Waals surface area contributed by atoms with Crippen molar-refractivity contribution in [1.29, 1.82) is 5.26 Å². The summed E-state index contributed by atoms with van der Waals surface area (Å²) in [5, 5.41) is 8.69. The molecule has 5 heteroatoms. The molecule has 0 bridgehead atoms. The van der Waals surface area contributed by atoms with Gasteiger partial charge in [-0.05, 0) is 18.2 Å². The van der Waals surface area contributed by atoms with Crippen molar-refractivity contribution in [2.24, 2.45) is 0 Å². The van der Waals surface area contributed by atoms with Crippen LogP contribution in [-0.2, 0) is 0 Å². The Balaban J connectivity index is 2.43. The number of rotatable bonds is 3. The van der Waals surface area contributed by atoms with Gasteiger partial charge in [-0.25, -0.2) is 4.98 Å². The van der Waals surface area contributed by atoms with E-state index in [1.54, 1.807) is 26.5 Å². The summed E-state index contributed by atoms with van der Waals surface area (Å²) in [5.41, 5.74) is 1.65. The minimum atomic E-state index is 0.287. The van der Waals surface area contributed by atoms with Crippen LogP contribution in [0.25, 0.3) is 11.3 Å². The third-order valence-electron chi connectivity index (χ3n) is 2.38. The Hall–Kier alpha value is -2.48. The second kappa shape index (κ2) is 4.58. The molecule has 0 amide bonds. The quantitative estimate of drug-likeness (QED) is 0.873. The zero-order valence-corrected chi connectivity index (χ0v) is 9.52. The lowest BCUT2D eigenvalue weighted by molar-refractivity contribution is 0.355. The molecular formula is C12H11N3O2. The van der Waals surface area contributed by atoms with Crippen LogP contribution in [0, 0.1) is 11.3 Å². The van der Waals surface area contributed by atoms with Crippen LogP contribution in [0.4, 0.5) is 0 Å². The first-order valence-electron chi connectivity index (χ1n) is 4.96. The summed E-state index contributed by atoms with van der Waals surface area (Å²) in [7, 11) is 3.16. The van der Waals surface area contributed by atoms with E-state index in [0.29, 0.717) is 11.5 Å². The second-order valence-electron chi connectivity index (χ2n) is 3.33. The Kier molecular flexibility index (Phi) is 2.97. The fourth-order valence-electron chi connectivity index (χ4n) is 1.53. The topological polar surface area (TPSA) is 70.9 Å². The summed E-state index contributed by atoms with van der Waals surface area (Å²) in [6, 6.07) is 7.45. The number of imidazole rings is 1. The van der Waals surface area contributed by atoms with E-state index in [1.807, 2.05) is 18.2 Å². The predicted molar refractivity (Wildman–Crippen MR) is 61.8 cm³/mol. The smallest absolute Gasteiger partial charge is 0.210 e. The molecule has 1 N–H and O–H groups in total. The number of aromatic nitrogens is 2. The molecule has 0 saturated carbocycles. The van der Waals surface area contributed by atoms with Crippen molar-refractivity contribution < 1.29 is 9.47 Å². The standard InChI is InChI=1S/C12H11N3O2/c1-16-10-4-3-8(5-11(10)17-2)9-7-14-12(6-13)15-9/h3-5,7H,1-2H3,(H,14,15). The van der Waals surface area contributed by atoms with Gasteiger partial charge in [-0.3, -0.25) is 0 Å². The van der Waals surface area contributed by atoms with Crippen molar-refractivity contribution in [3.05, 3.63) is 30.2 Å². The molecule has 0 aliphatic carbocycles. The summed E-state index contributed by atoms with van der Waals surface area (Å²) < 4.78 is 10.4. The van der Waals surface area contributed by atoms with Crippen LogP contribution < -0.4 is 9.47 Å². The number of aromatic amines is 1. The number of nitriles is 1. The highest BCUT2D eigenvalue weighted by Crippen LogP contribution is 2.31. The number of ether oxygens (including phenoxy) is 2. The van der Waals surface area contributed by atoms with Crippen LogP contribution in [0.2, 0.25) is 0 Å². The number of hydrogen-bond acceptors (Lipinski definition) is 4. The maximum Gasteiger partial charge on any atom is 0.210 e. The average molecular weight is 229 g/mol. The Morgan fingerprint density at radius 1 is 1.24 bits per heavy atom. The second-order valence-corrected chi connectivity index (χ2v) is 3.33. The Morgan fingerprint density at radius 2 is 2.00 bits per heavy atom. The molecule has 1 aromatic heterocycles. The number of nitrogens with one attached hydrogen (secondary N) is 1. The Labute approximate surface area is 98.6 Å². The molecule has 2 rings (SSSR count). The number of hydrogen-bond donors (Lipinski definition) is 1. The molecule has 0 aliphatic heterocycles. The zero-order valence-electron chi connectivity index (χ0n) is 9.52. The van der Waals surface area contributed by atoms with E-state index in [4.69, 9.17) is 14.7 Å². The maximum atomic E-state index is 8.69. The number of methoxy groups -OCH3 is 2. The Morgan fingerprint density at radius 3 is 2.59 bits per heavy atom. The normalized spacial score (nSPS) is 9.71. The van der Waals surface area contributed by atoms with Gasteiger partial charge in [-0.2, -0.15) is 5.26 Å². The van der Waals surface area contributed by atoms with Gasteiger partial charge >= 0.3 is 0 Å². The van der Waals surface area contributed by atoms with Crippen LogP contribution in [0.3, 0.4) is 0 Å². The van der Waals surface area contributed by atoms with Crippen molar-refractivity contribution in [1.82, 2.24) is 9.97 Å². The lowest BCUT2D eigenvalue weighted by Crippen LogP contribution is -1.90. The molecule has 0 unspecified atom stereocenters. The van der Waals surface area contributed by atoms with E-state index in [2.05, 4.69) is 9.97 Å².